The van der Waals surface area contributed by atoms with Gasteiger partial charge >= 0.3 is 0 Å². The minimum Gasteiger partial charge on any atom is -0.486 e. The number of nitrogens with zero attached hydrogens (tertiary/aromatic N) is 2. The molecule has 1 aromatic carbocycles. The van der Waals surface area contributed by atoms with E-state index in [9.17, 15) is 4.39 Å². The van der Waals surface area contributed by atoms with E-state index in [1.807, 2.05) is 30.8 Å². The molecule has 1 aromatic heterocycles. The zero-order chi connectivity index (χ0) is 13.1. The lowest BCUT2D eigenvalue weighted by molar-refractivity contribution is 0.304. The maximum Gasteiger partial charge on any atom is 0.157 e. The highest BCUT2D eigenvalue weighted by molar-refractivity contribution is 9.10. The Labute approximate surface area is 114 Å². The summed E-state index contributed by atoms with van der Waals surface area (Å²) in [5, 5.41) is 4.17. The topological polar surface area (TPSA) is 27.1 Å². The van der Waals surface area contributed by atoms with Crippen LogP contribution in [0.4, 0.5) is 4.39 Å². The summed E-state index contributed by atoms with van der Waals surface area (Å²) >= 11 is 3.21. The van der Waals surface area contributed by atoms with Gasteiger partial charge in [-0.05, 0) is 35.8 Å². The van der Waals surface area contributed by atoms with E-state index in [-0.39, 0.29) is 5.82 Å². The molecule has 0 amide bonds. The highest BCUT2D eigenvalue weighted by Gasteiger charge is 2.07. The molecule has 0 unspecified atom stereocenters. The largest absolute Gasteiger partial charge is 0.486 e. The van der Waals surface area contributed by atoms with Crippen LogP contribution in [0.15, 0.2) is 35.1 Å². The van der Waals surface area contributed by atoms with Gasteiger partial charge in [-0.2, -0.15) is 5.10 Å². The van der Waals surface area contributed by atoms with Gasteiger partial charge in [-0.25, -0.2) is 4.39 Å². The summed E-state index contributed by atoms with van der Waals surface area (Å²) in [6.07, 6.45) is 3.49. The van der Waals surface area contributed by atoms with Gasteiger partial charge in [-0.3, -0.25) is 4.68 Å². The standard InChI is InChI=1S/C13H14BrFN2O/c1-9(2)17-7-11(6-16-17)18-8-10-4-3-5-12(15)13(10)14/h3-7,9H,8H2,1-2H3. The minimum absolute atomic E-state index is 0.283. The van der Waals surface area contributed by atoms with E-state index < -0.39 is 0 Å². The van der Waals surface area contributed by atoms with E-state index in [1.54, 1.807) is 12.3 Å². The second-order valence-corrected chi connectivity index (χ2v) is 5.04. The van der Waals surface area contributed by atoms with Crippen molar-refractivity contribution in [3.63, 3.8) is 0 Å². The van der Waals surface area contributed by atoms with Gasteiger partial charge in [0.05, 0.1) is 16.9 Å². The first-order chi connectivity index (χ1) is 8.58. The number of benzene rings is 1. The number of halogens is 2. The maximum atomic E-state index is 13.3. The fourth-order valence-electron chi connectivity index (χ4n) is 1.50. The van der Waals surface area contributed by atoms with Gasteiger partial charge in [0.15, 0.2) is 5.75 Å². The van der Waals surface area contributed by atoms with Crippen molar-refractivity contribution < 1.29 is 9.13 Å². The summed E-state index contributed by atoms with van der Waals surface area (Å²) in [5.41, 5.74) is 0.771. The second kappa shape index (κ2) is 5.52. The van der Waals surface area contributed by atoms with E-state index in [4.69, 9.17) is 4.74 Å². The third-order valence-corrected chi connectivity index (χ3v) is 3.42. The Bertz CT molecular complexity index is 540. The molecule has 0 radical (unpaired) electrons. The monoisotopic (exact) mass is 312 g/mol. The van der Waals surface area contributed by atoms with Gasteiger partial charge in [0.25, 0.3) is 0 Å². The van der Waals surface area contributed by atoms with Crippen molar-refractivity contribution in [2.75, 3.05) is 0 Å². The van der Waals surface area contributed by atoms with Crippen LogP contribution in [-0.4, -0.2) is 9.78 Å². The molecule has 0 bridgehead atoms. The fraction of sp³-hybridized carbons (Fsp3) is 0.308. The average molecular weight is 313 g/mol. The summed E-state index contributed by atoms with van der Waals surface area (Å²) in [5.74, 6) is 0.397. The molecule has 18 heavy (non-hydrogen) atoms. The molecule has 0 atom stereocenters. The van der Waals surface area contributed by atoms with Crippen LogP contribution in [0.5, 0.6) is 5.75 Å². The van der Waals surface area contributed by atoms with Crippen LogP contribution >= 0.6 is 15.9 Å². The predicted octanol–water partition coefficient (Wildman–Crippen LogP) is 3.94. The predicted molar refractivity (Wildman–Crippen MR) is 71.0 cm³/mol. The first-order valence-corrected chi connectivity index (χ1v) is 6.47. The Morgan fingerprint density at radius 1 is 1.44 bits per heavy atom. The first-order valence-electron chi connectivity index (χ1n) is 5.67. The van der Waals surface area contributed by atoms with Crippen molar-refractivity contribution in [1.82, 2.24) is 9.78 Å². The van der Waals surface area contributed by atoms with Crippen molar-refractivity contribution in [2.24, 2.45) is 0 Å². The summed E-state index contributed by atoms with van der Waals surface area (Å²) in [4.78, 5) is 0. The molecule has 2 aromatic rings. The molecule has 0 spiro atoms. The van der Waals surface area contributed by atoms with Crippen LogP contribution in [-0.2, 0) is 6.61 Å². The van der Waals surface area contributed by atoms with E-state index in [0.29, 0.717) is 22.9 Å². The molecule has 1 heterocycles. The van der Waals surface area contributed by atoms with Crippen molar-refractivity contribution in [1.29, 1.82) is 0 Å². The van der Waals surface area contributed by atoms with Gasteiger partial charge < -0.3 is 4.74 Å². The third kappa shape index (κ3) is 2.90. The molecule has 3 nitrogen and oxygen atoms in total. The molecule has 2 rings (SSSR count). The summed E-state index contributed by atoms with van der Waals surface area (Å²) in [6, 6.07) is 5.18. The molecule has 0 N–H and O–H groups in total. The Kier molecular flexibility index (Phi) is 4.01. The summed E-state index contributed by atoms with van der Waals surface area (Å²) < 4.78 is 21.1. The van der Waals surface area contributed by atoms with Gasteiger partial charge in [-0.15, -0.1) is 0 Å². The molecule has 0 aliphatic carbocycles. The number of aromatic nitrogens is 2. The number of rotatable bonds is 4. The van der Waals surface area contributed by atoms with Crippen LogP contribution in [0, 0.1) is 5.82 Å². The highest BCUT2D eigenvalue weighted by atomic mass is 79.9. The molecular weight excluding hydrogens is 299 g/mol. The Balaban J connectivity index is 2.04. The smallest absolute Gasteiger partial charge is 0.157 e. The lowest BCUT2D eigenvalue weighted by Gasteiger charge is -2.06. The number of hydrogen-bond acceptors (Lipinski definition) is 2. The van der Waals surface area contributed by atoms with Gasteiger partial charge in [-0.1, -0.05) is 12.1 Å². The van der Waals surface area contributed by atoms with Gasteiger partial charge in [0.1, 0.15) is 12.4 Å². The minimum atomic E-state index is -0.283. The molecule has 96 valence electrons. The average Bonchev–Trinajstić information content (AvgIpc) is 2.80. The molecular formula is C13H14BrFN2O. The fourth-order valence-corrected chi connectivity index (χ4v) is 1.88. The molecule has 5 heteroatoms. The van der Waals surface area contributed by atoms with Crippen molar-refractivity contribution in [3.05, 3.63) is 46.4 Å². The van der Waals surface area contributed by atoms with E-state index in [2.05, 4.69) is 21.0 Å². The Morgan fingerprint density at radius 3 is 2.89 bits per heavy atom. The normalized spacial score (nSPS) is 10.9. The van der Waals surface area contributed by atoms with E-state index in [1.165, 1.54) is 6.07 Å². The van der Waals surface area contributed by atoms with Crippen LogP contribution in [0.1, 0.15) is 25.5 Å². The second-order valence-electron chi connectivity index (χ2n) is 4.25. The quantitative estimate of drug-likeness (QED) is 0.855. The van der Waals surface area contributed by atoms with Crippen LogP contribution in [0.25, 0.3) is 0 Å². The summed E-state index contributed by atoms with van der Waals surface area (Å²) in [6.45, 7) is 4.39. The molecule has 0 saturated carbocycles. The zero-order valence-corrected chi connectivity index (χ0v) is 11.8. The lowest BCUT2D eigenvalue weighted by Crippen LogP contribution is -2.00. The highest BCUT2D eigenvalue weighted by Crippen LogP contribution is 2.22. The third-order valence-electron chi connectivity index (χ3n) is 2.53. The SMILES string of the molecule is CC(C)n1cc(OCc2cccc(F)c2Br)cn1. The van der Waals surface area contributed by atoms with E-state index in [0.717, 1.165) is 5.56 Å². The summed E-state index contributed by atoms with van der Waals surface area (Å²) in [7, 11) is 0. The molecule has 0 fully saturated rings. The first kappa shape index (κ1) is 13.1. The van der Waals surface area contributed by atoms with E-state index >= 15 is 0 Å². The number of hydrogen-bond donors (Lipinski definition) is 0. The maximum absolute atomic E-state index is 13.3. The Morgan fingerprint density at radius 2 is 2.22 bits per heavy atom. The van der Waals surface area contributed by atoms with Gasteiger partial charge in [0, 0.05) is 11.6 Å². The van der Waals surface area contributed by atoms with Crippen molar-refractivity contribution >= 4 is 15.9 Å². The Hall–Kier alpha value is -1.36. The zero-order valence-electron chi connectivity index (χ0n) is 10.2. The van der Waals surface area contributed by atoms with Crippen molar-refractivity contribution in [3.8, 4) is 5.75 Å². The van der Waals surface area contributed by atoms with Gasteiger partial charge in [0.2, 0.25) is 0 Å². The van der Waals surface area contributed by atoms with Crippen LogP contribution in [0.2, 0.25) is 0 Å². The molecule has 0 aliphatic heterocycles. The molecule has 0 saturated heterocycles. The van der Waals surface area contributed by atoms with Crippen LogP contribution < -0.4 is 4.74 Å². The van der Waals surface area contributed by atoms with Crippen molar-refractivity contribution in [2.45, 2.75) is 26.5 Å². The number of ether oxygens (including phenoxy) is 1. The lowest BCUT2D eigenvalue weighted by atomic mass is 10.2. The molecule has 0 aliphatic rings. The van der Waals surface area contributed by atoms with Crippen LogP contribution in [0.3, 0.4) is 0 Å².